The van der Waals surface area contributed by atoms with E-state index in [0.29, 0.717) is 6.61 Å². The van der Waals surface area contributed by atoms with Gasteiger partial charge in [-0.25, -0.2) is 4.39 Å². The number of likely N-dealkylation sites (N-methyl/N-ethyl adjacent to an activating group) is 1. The van der Waals surface area contributed by atoms with Crippen molar-refractivity contribution in [1.82, 2.24) is 14.7 Å². The molecule has 0 radical (unpaired) electrons. The molecular weight excluding hydrogens is 293 g/mol. The SMILES string of the molecule is CCN(CCn1cccn1)CC1(c2ccc(F)cc2)CCOC1. The minimum absolute atomic E-state index is 0.0339. The summed E-state index contributed by atoms with van der Waals surface area (Å²) in [6, 6.07) is 8.86. The summed E-state index contributed by atoms with van der Waals surface area (Å²) in [5.41, 5.74) is 1.14. The fourth-order valence-electron chi connectivity index (χ4n) is 3.31. The van der Waals surface area contributed by atoms with Crippen LogP contribution < -0.4 is 0 Å². The topological polar surface area (TPSA) is 30.3 Å². The number of halogens is 1. The maximum absolute atomic E-state index is 13.3. The Kier molecular flexibility index (Phi) is 5.08. The lowest BCUT2D eigenvalue weighted by Crippen LogP contribution is -2.42. The van der Waals surface area contributed by atoms with Crippen molar-refractivity contribution in [2.45, 2.75) is 25.3 Å². The van der Waals surface area contributed by atoms with Gasteiger partial charge in [-0.05, 0) is 36.7 Å². The highest BCUT2D eigenvalue weighted by molar-refractivity contribution is 5.28. The largest absolute Gasteiger partial charge is 0.380 e. The highest BCUT2D eigenvalue weighted by Gasteiger charge is 2.38. The standard InChI is InChI=1S/C18H24FN3O/c1-2-21(11-12-22-10-3-9-20-22)14-18(8-13-23-15-18)16-4-6-17(19)7-5-16/h3-7,9-10H,2,8,11-15H2,1H3. The molecule has 124 valence electrons. The molecule has 23 heavy (non-hydrogen) atoms. The smallest absolute Gasteiger partial charge is 0.123 e. The van der Waals surface area contributed by atoms with Gasteiger partial charge < -0.3 is 9.64 Å². The second kappa shape index (κ2) is 7.23. The number of hydrogen-bond donors (Lipinski definition) is 0. The Balaban J connectivity index is 1.71. The van der Waals surface area contributed by atoms with E-state index in [9.17, 15) is 4.39 Å². The van der Waals surface area contributed by atoms with Crippen molar-refractivity contribution < 1.29 is 9.13 Å². The molecule has 1 unspecified atom stereocenters. The molecule has 1 aromatic carbocycles. The summed E-state index contributed by atoms with van der Waals surface area (Å²) in [5, 5.41) is 4.26. The number of hydrogen-bond acceptors (Lipinski definition) is 3. The van der Waals surface area contributed by atoms with Gasteiger partial charge in [0.25, 0.3) is 0 Å². The molecule has 0 N–H and O–H groups in total. The molecule has 1 saturated heterocycles. The molecule has 0 amide bonds. The number of benzene rings is 1. The predicted octanol–water partition coefficient (Wildman–Crippen LogP) is 2.70. The molecule has 2 aromatic rings. The van der Waals surface area contributed by atoms with Crippen molar-refractivity contribution in [2.24, 2.45) is 0 Å². The Morgan fingerprint density at radius 3 is 2.78 bits per heavy atom. The van der Waals surface area contributed by atoms with Gasteiger partial charge in [0, 0.05) is 37.5 Å². The third-order valence-corrected chi connectivity index (χ3v) is 4.74. The summed E-state index contributed by atoms with van der Waals surface area (Å²) in [4.78, 5) is 2.43. The van der Waals surface area contributed by atoms with Gasteiger partial charge in [-0.15, -0.1) is 0 Å². The zero-order chi connectivity index (χ0) is 16.1. The van der Waals surface area contributed by atoms with Crippen LogP contribution in [0, 0.1) is 5.82 Å². The second-order valence-corrected chi connectivity index (χ2v) is 6.23. The lowest BCUT2D eigenvalue weighted by molar-refractivity contribution is 0.150. The minimum Gasteiger partial charge on any atom is -0.380 e. The monoisotopic (exact) mass is 317 g/mol. The highest BCUT2D eigenvalue weighted by Crippen LogP contribution is 2.34. The van der Waals surface area contributed by atoms with Crippen molar-refractivity contribution in [3.8, 4) is 0 Å². The number of nitrogens with zero attached hydrogens (tertiary/aromatic N) is 3. The van der Waals surface area contributed by atoms with Crippen LogP contribution in [0.4, 0.5) is 4.39 Å². The first kappa shape index (κ1) is 16.1. The molecule has 3 rings (SSSR count). The summed E-state index contributed by atoms with van der Waals surface area (Å²) in [6.07, 6.45) is 4.78. The van der Waals surface area contributed by atoms with Crippen LogP contribution in [-0.4, -0.2) is 47.5 Å². The molecule has 1 aliphatic heterocycles. The number of rotatable bonds is 7. The van der Waals surface area contributed by atoms with Crippen molar-refractivity contribution in [2.75, 3.05) is 32.8 Å². The summed E-state index contributed by atoms with van der Waals surface area (Å²) >= 11 is 0. The van der Waals surface area contributed by atoms with Crippen LogP contribution in [-0.2, 0) is 16.7 Å². The van der Waals surface area contributed by atoms with Crippen molar-refractivity contribution in [3.05, 3.63) is 54.1 Å². The molecule has 1 fully saturated rings. The molecule has 4 nitrogen and oxygen atoms in total. The first-order valence-corrected chi connectivity index (χ1v) is 8.25. The van der Waals surface area contributed by atoms with Crippen molar-refractivity contribution >= 4 is 0 Å². The Morgan fingerprint density at radius 2 is 2.17 bits per heavy atom. The number of aromatic nitrogens is 2. The van der Waals surface area contributed by atoms with Crippen molar-refractivity contribution in [3.63, 3.8) is 0 Å². The molecule has 2 heterocycles. The summed E-state index contributed by atoms with van der Waals surface area (Å²) in [7, 11) is 0. The average molecular weight is 317 g/mol. The fourth-order valence-corrected chi connectivity index (χ4v) is 3.31. The van der Waals surface area contributed by atoms with E-state index in [1.165, 1.54) is 5.56 Å². The lowest BCUT2D eigenvalue weighted by Gasteiger charge is -2.34. The summed E-state index contributed by atoms with van der Waals surface area (Å²) in [6.45, 7) is 7.38. The highest BCUT2D eigenvalue weighted by atomic mass is 19.1. The fraction of sp³-hybridized carbons (Fsp3) is 0.500. The minimum atomic E-state index is -0.186. The van der Waals surface area contributed by atoms with E-state index in [1.54, 1.807) is 18.3 Å². The van der Waals surface area contributed by atoms with Crippen LogP contribution in [0.2, 0.25) is 0 Å². The maximum Gasteiger partial charge on any atom is 0.123 e. The molecule has 0 aliphatic carbocycles. The Hall–Kier alpha value is -1.72. The van der Waals surface area contributed by atoms with Gasteiger partial charge in [-0.2, -0.15) is 5.10 Å². The third kappa shape index (κ3) is 3.79. The Labute approximate surface area is 136 Å². The van der Waals surface area contributed by atoms with Crippen LogP contribution in [0.3, 0.4) is 0 Å². The molecule has 0 spiro atoms. The van der Waals surface area contributed by atoms with E-state index in [1.807, 2.05) is 29.1 Å². The zero-order valence-corrected chi connectivity index (χ0v) is 13.6. The molecular formula is C18H24FN3O. The molecule has 0 saturated carbocycles. The quantitative estimate of drug-likeness (QED) is 0.786. The van der Waals surface area contributed by atoms with E-state index in [-0.39, 0.29) is 11.2 Å². The van der Waals surface area contributed by atoms with Gasteiger partial charge in [-0.3, -0.25) is 4.68 Å². The first-order chi connectivity index (χ1) is 11.2. The van der Waals surface area contributed by atoms with E-state index in [0.717, 1.165) is 39.2 Å². The van der Waals surface area contributed by atoms with E-state index < -0.39 is 0 Å². The lowest BCUT2D eigenvalue weighted by atomic mass is 9.79. The van der Waals surface area contributed by atoms with Crippen LogP contribution in [0.25, 0.3) is 0 Å². The third-order valence-electron chi connectivity index (χ3n) is 4.74. The Bertz CT molecular complexity index is 591. The Morgan fingerprint density at radius 1 is 1.35 bits per heavy atom. The van der Waals surface area contributed by atoms with Crippen LogP contribution in [0.15, 0.2) is 42.7 Å². The first-order valence-electron chi connectivity index (χ1n) is 8.25. The van der Waals surface area contributed by atoms with Gasteiger partial charge in [0.2, 0.25) is 0 Å². The maximum atomic E-state index is 13.3. The molecule has 1 atom stereocenters. The second-order valence-electron chi connectivity index (χ2n) is 6.23. The summed E-state index contributed by atoms with van der Waals surface area (Å²) in [5.74, 6) is -0.186. The normalized spacial score (nSPS) is 21.2. The van der Waals surface area contributed by atoms with E-state index >= 15 is 0 Å². The van der Waals surface area contributed by atoms with E-state index in [2.05, 4.69) is 16.9 Å². The predicted molar refractivity (Wildman–Crippen MR) is 87.9 cm³/mol. The molecule has 1 aliphatic rings. The number of ether oxygens (including phenoxy) is 1. The average Bonchev–Trinajstić information content (AvgIpc) is 3.24. The molecule has 5 heteroatoms. The van der Waals surface area contributed by atoms with Gasteiger partial charge >= 0.3 is 0 Å². The zero-order valence-electron chi connectivity index (χ0n) is 13.6. The van der Waals surface area contributed by atoms with Crippen LogP contribution in [0.1, 0.15) is 18.9 Å². The van der Waals surface area contributed by atoms with Gasteiger partial charge in [0.15, 0.2) is 0 Å². The van der Waals surface area contributed by atoms with E-state index in [4.69, 9.17) is 4.74 Å². The van der Waals surface area contributed by atoms with Gasteiger partial charge in [0.1, 0.15) is 5.82 Å². The van der Waals surface area contributed by atoms with Crippen LogP contribution in [0.5, 0.6) is 0 Å². The van der Waals surface area contributed by atoms with Gasteiger partial charge in [-0.1, -0.05) is 19.1 Å². The van der Waals surface area contributed by atoms with Crippen LogP contribution >= 0.6 is 0 Å². The summed E-state index contributed by atoms with van der Waals surface area (Å²) < 4.78 is 20.9. The molecule has 1 aromatic heterocycles. The van der Waals surface area contributed by atoms with Crippen molar-refractivity contribution in [1.29, 1.82) is 0 Å². The van der Waals surface area contributed by atoms with Gasteiger partial charge in [0.05, 0.1) is 13.2 Å². The molecule has 0 bridgehead atoms.